The molecule has 0 saturated carbocycles. The minimum atomic E-state index is -1.20. The Bertz CT molecular complexity index is 315. The summed E-state index contributed by atoms with van der Waals surface area (Å²) in [5.74, 6) is 1.92. The Kier molecular flexibility index (Phi) is 2.90. The smallest absolute Gasteiger partial charge is 0.161 e. The summed E-state index contributed by atoms with van der Waals surface area (Å²) in [4.78, 5) is 0. The highest BCUT2D eigenvalue weighted by molar-refractivity contribution is 5.22. The van der Waals surface area contributed by atoms with E-state index in [0.717, 1.165) is 6.07 Å². The average molecular weight is 190 g/mol. The Hall–Kier alpha value is -1.07. The van der Waals surface area contributed by atoms with Crippen LogP contribution in [-0.2, 0) is 0 Å². The maximum atomic E-state index is 13.0. The second-order valence-corrected chi connectivity index (χ2v) is 2.68. The molecule has 0 heterocycles. The molecule has 0 aliphatic heterocycles. The predicted octanol–water partition coefficient (Wildman–Crippen LogP) is 1.63. The van der Waals surface area contributed by atoms with E-state index in [4.69, 9.17) is 5.84 Å². The van der Waals surface area contributed by atoms with Gasteiger partial charge in [0.1, 0.15) is 5.82 Å². The van der Waals surface area contributed by atoms with E-state index >= 15 is 0 Å². The standard InChI is InChI=1S/C8H9F3N2/c1-4(13-12)5-2-7(10)8(11)3-6(5)9/h2-4,13H,12H2,1H3. The van der Waals surface area contributed by atoms with Crippen molar-refractivity contribution in [3.05, 3.63) is 35.1 Å². The summed E-state index contributed by atoms with van der Waals surface area (Å²) < 4.78 is 38.1. The number of nitrogens with two attached hydrogens (primary N) is 1. The highest BCUT2D eigenvalue weighted by atomic mass is 19.2. The zero-order valence-corrected chi connectivity index (χ0v) is 6.94. The van der Waals surface area contributed by atoms with Gasteiger partial charge >= 0.3 is 0 Å². The lowest BCUT2D eigenvalue weighted by atomic mass is 10.1. The van der Waals surface area contributed by atoms with Gasteiger partial charge in [-0.05, 0) is 13.0 Å². The molecule has 1 atom stereocenters. The van der Waals surface area contributed by atoms with Crippen LogP contribution in [0.2, 0.25) is 0 Å². The van der Waals surface area contributed by atoms with Crippen molar-refractivity contribution in [2.24, 2.45) is 5.84 Å². The number of hydrazine groups is 1. The number of rotatable bonds is 2. The predicted molar refractivity (Wildman–Crippen MR) is 42.1 cm³/mol. The minimum Gasteiger partial charge on any atom is -0.271 e. The number of halogens is 3. The third-order valence-corrected chi connectivity index (χ3v) is 1.76. The van der Waals surface area contributed by atoms with Gasteiger partial charge in [-0.2, -0.15) is 0 Å². The molecule has 72 valence electrons. The molecule has 1 aromatic carbocycles. The first-order chi connectivity index (χ1) is 6.06. The maximum absolute atomic E-state index is 13.0. The lowest BCUT2D eigenvalue weighted by Crippen LogP contribution is -2.26. The second kappa shape index (κ2) is 3.76. The van der Waals surface area contributed by atoms with E-state index in [9.17, 15) is 13.2 Å². The van der Waals surface area contributed by atoms with E-state index in [-0.39, 0.29) is 5.56 Å². The van der Waals surface area contributed by atoms with Crippen molar-refractivity contribution >= 4 is 0 Å². The first-order valence-corrected chi connectivity index (χ1v) is 3.67. The topological polar surface area (TPSA) is 38.0 Å². The van der Waals surface area contributed by atoms with Crippen LogP contribution < -0.4 is 11.3 Å². The molecule has 0 bridgehead atoms. The molecule has 0 fully saturated rings. The van der Waals surface area contributed by atoms with Crippen LogP contribution in [0, 0.1) is 17.5 Å². The van der Waals surface area contributed by atoms with Gasteiger partial charge in [0.05, 0.1) is 0 Å². The fourth-order valence-electron chi connectivity index (χ4n) is 0.960. The molecule has 0 saturated heterocycles. The molecule has 1 unspecified atom stereocenters. The molecule has 1 aromatic rings. The summed E-state index contributed by atoms with van der Waals surface area (Å²) in [6.07, 6.45) is 0. The molecular formula is C8H9F3N2. The molecule has 2 nitrogen and oxygen atoms in total. The van der Waals surface area contributed by atoms with E-state index in [2.05, 4.69) is 5.43 Å². The fourth-order valence-corrected chi connectivity index (χ4v) is 0.960. The Labute approximate surface area is 73.5 Å². The summed E-state index contributed by atoms with van der Waals surface area (Å²) in [6.45, 7) is 1.54. The minimum absolute atomic E-state index is 0.00130. The third kappa shape index (κ3) is 1.99. The molecule has 0 radical (unpaired) electrons. The van der Waals surface area contributed by atoms with Gasteiger partial charge in [0, 0.05) is 17.7 Å². The van der Waals surface area contributed by atoms with E-state index in [1.54, 1.807) is 0 Å². The summed E-state index contributed by atoms with van der Waals surface area (Å²) in [5, 5.41) is 0. The van der Waals surface area contributed by atoms with E-state index in [1.807, 2.05) is 0 Å². The van der Waals surface area contributed by atoms with Crippen LogP contribution in [-0.4, -0.2) is 0 Å². The van der Waals surface area contributed by atoms with Crippen LogP contribution in [0.1, 0.15) is 18.5 Å². The van der Waals surface area contributed by atoms with Gasteiger partial charge in [0.15, 0.2) is 11.6 Å². The number of benzene rings is 1. The SMILES string of the molecule is CC(NN)c1cc(F)c(F)cc1F. The van der Waals surface area contributed by atoms with Crippen molar-refractivity contribution in [3.8, 4) is 0 Å². The Morgan fingerprint density at radius 3 is 2.23 bits per heavy atom. The van der Waals surface area contributed by atoms with Crippen molar-refractivity contribution in [3.63, 3.8) is 0 Å². The molecule has 5 heteroatoms. The van der Waals surface area contributed by atoms with Crippen LogP contribution >= 0.6 is 0 Å². The monoisotopic (exact) mass is 190 g/mol. The van der Waals surface area contributed by atoms with Crippen molar-refractivity contribution in [1.82, 2.24) is 5.43 Å². The average Bonchev–Trinajstić information content (AvgIpc) is 2.10. The largest absolute Gasteiger partial charge is 0.271 e. The maximum Gasteiger partial charge on any atom is 0.161 e. The first-order valence-electron chi connectivity index (χ1n) is 3.67. The molecule has 0 aliphatic carbocycles. The van der Waals surface area contributed by atoms with Gasteiger partial charge < -0.3 is 0 Å². The summed E-state index contributed by atoms with van der Waals surface area (Å²) in [5.41, 5.74) is 2.24. The fraction of sp³-hybridized carbons (Fsp3) is 0.250. The van der Waals surface area contributed by atoms with Crippen LogP contribution in [0.4, 0.5) is 13.2 Å². The number of nitrogens with one attached hydrogen (secondary N) is 1. The van der Waals surface area contributed by atoms with Gasteiger partial charge in [-0.3, -0.25) is 11.3 Å². The van der Waals surface area contributed by atoms with Gasteiger partial charge in [-0.1, -0.05) is 0 Å². The first kappa shape index (κ1) is 10.0. The Balaban J connectivity index is 3.15. The number of hydrogen-bond donors (Lipinski definition) is 2. The zero-order chi connectivity index (χ0) is 10.0. The van der Waals surface area contributed by atoms with Gasteiger partial charge in [-0.15, -0.1) is 0 Å². The molecule has 0 amide bonds. The zero-order valence-electron chi connectivity index (χ0n) is 6.94. The summed E-state index contributed by atoms with van der Waals surface area (Å²) in [7, 11) is 0. The molecule has 3 N–H and O–H groups in total. The van der Waals surface area contributed by atoms with Crippen molar-refractivity contribution < 1.29 is 13.2 Å². The van der Waals surface area contributed by atoms with Crippen molar-refractivity contribution in [1.29, 1.82) is 0 Å². The quantitative estimate of drug-likeness (QED) is 0.422. The Morgan fingerprint density at radius 2 is 1.69 bits per heavy atom. The molecule has 1 rings (SSSR count). The normalized spacial score (nSPS) is 13.0. The van der Waals surface area contributed by atoms with Gasteiger partial charge in [0.2, 0.25) is 0 Å². The van der Waals surface area contributed by atoms with Crippen LogP contribution in [0.15, 0.2) is 12.1 Å². The Morgan fingerprint density at radius 1 is 1.15 bits per heavy atom. The van der Waals surface area contributed by atoms with Gasteiger partial charge in [0.25, 0.3) is 0 Å². The summed E-state index contributed by atoms with van der Waals surface area (Å²) >= 11 is 0. The van der Waals surface area contributed by atoms with Crippen molar-refractivity contribution in [2.75, 3.05) is 0 Å². The van der Waals surface area contributed by atoms with E-state index in [1.165, 1.54) is 6.92 Å². The third-order valence-electron chi connectivity index (χ3n) is 1.76. The number of hydrogen-bond acceptors (Lipinski definition) is 2. The molecule has 0 spiro atoms. The molecule has 0 aromatic heterocycles. The van der Waals surface area contributed by atoms with E-state index < -0.39 is 23.5 Å². The highest BCUT2D eigenvalue weighted by Gasteiger charge is 2.13. The summed E-state index contributed by atoms with van der Waals surface area (Å²) in [6, 6.07) is 0.725. The van der Waals surface area contributed by atoms with Gasteiger partial charge in [-0.25, -0.2) is 13.2 Å². The second-order valence-electron chi connectivity index (χ2n) is 2.68. The van der Waals surface area contributed by atoms with E-state index in [0.29, 0.717) is 6.07 Å². The van der Waals surface area contributed by atoms with Crippen LogP contribution in [0.25, 0.3) is 0 Å². The molecular weight excluding hydrogens is 181 g/mol. The lowest BCUT2D eigenvalue weighted by Gasteiger charge is -2.11. The van der Waals surface area contributed by atoms with Crippen LogP contribution in [0.3, 0.4) is 0 Å². The van der Waals surface area contributed by atoms with Crippen molar-refractivity contribution in [2.45, 2.75) is 13.0 Å². The van der Waals surface area contributed by atoms with Crippen LogP contribution in [0.5, 0.6) is 0 Å². The molecule has 13 heavy (non-hydrogen) atoms. The molecule has 0 aliphatic rings. The highest BCUT2D eigenvalue weighted by Crippen LogP contribution is 2.19. The lowest BCUT2D eigenvalue weighted by molar-refractivity contribution is 0.477.